The van der Waals surface area contributed by atoms with Gasteiger partial charge in [-0.3, -0.25) is 9.59 Å². The number of para-hydroxylation sites is 1. The van der Waals surface area contributed by atoms with E-state index in [-0.39, 0.29) is 28.8 Å². The Morgan fingerprint density at radius 3 is 2.71 bits per heavy atom. The first-order valence-corrected chi connectivity index (χ1v) is 9.97. The summed E-state index contributed by atoms with van der Waals surface area (Å²) < 4.78 is 21.1. The Balaban J connectivity index is 1.82. The van der Waals surface area contributed by atoms with Crippen LogP contribution in [0.5, 0.6) is 0 Å². The van der Waals surface area contributed by atoms with Crippen LogP contribution in [0.25, 0.3) is 10.9 Å². The zero-order valence-electron chi connectivity index (χ0n) is 17.4. The molecule has 0 spiro atoms. The van der Waals surface area contributed by atoms with Crippen molar-refractivity contribution < 1.29 is 23.5 Å². The number of nitrogens with zero attached hydrogens (tertiary/aromatic N) is 1. The molecular weight excluding hydrogens is 401 g/mol. The van der Waals surface area contributed by atoms with Crippen LogP contribution in [0.2, 0.25) is 0 Å². The molecule has 3 aromatic rings. The van der Waals surface area contributed by atoms with Gasteiger partial charge in [0.05, 0.1) is 29.6 Å². The monoisotopic (exact) mass is 423 g/mol. The first-order valence-electron chi connectivity index (χ1n) is 9.97. The molecule has 1 atom stereocenters. The number of methoxy groups -OCH3 is 1. The van der Waals surface area contributed by atoms with Crippen molar-refractivity contribution in [3.05, 3.63) is 59.0 Å². The number of hydrogen-bond donors (Lipinski definition) is 2. The first kappa shape index (κ1) is 20.6. The van der Waals surface area contributed by atoms with E-state index in [9.17, 15) is 18.8 Å². The van der Waals surface area contributed by atoms with Crippen LogP contribution in [0.3, 0.4) is 0 Å². The molecule has 1 aliphatic rings. The van der Waals surface area contributed by atoms with E-state index in [1.807, 2.05) is 17.6 Å². The van der Waals surface area contributed by atoms with Crippen molar-refractivity contribution in [2.75, 3.05) is 24.8 Å². The van der Waals surface area contributed by atoms with E-state index in [1.54, 1.807) is 18.2 Å². The Labute approximate surface area is 178 Å². The fraction of sp³-hybridized carbons (Fsp3) is 0.261. The normalized spacial score (nSPS) is 15.1. The number of Topliss-reactive ketones (excluding diaryl/α,β-unsaturated/α-hetero) is 1. The summed E-state index contributed by atoms with van der Waals surface area (Å²) in [5.41, 5.74) is 1.85. The minimum atomic E-state index is -0.713. The molecule has 0 radical (unpaired) electrons. The molecule has 160 valence electrons. The Morgan fingerprint density at radius 1 is 1.26 bits per heavy atom. The molecule has 8 heteroatoms. The quantitative estimate of drug-likeness (QED) is 0.594. The van der Waals surface area contributed by atoms with Crippen LogP contribution in [0.1, 0.15) is 57.0 Å². The second kappa shape index (κ2) is 7.86. The van der Waals surface area contributed by atoms with E-state index in [4.69, 9.17) is 0 Å². The van der Waals surface area contributed by atoms with Crippen molar-refractivity contribution in [3.8, 4) is 0 Å². The number of ether oxygens (including phenoxy) is 1. The number of esters is 1. The van der Waals surface area contributed by atoms with E-state index in [1.165, 1.54) is 20.2 Å². The summed E-state index contributed by atoms with van der Waals surface area (Å²) in [5.74, 6) is -1.82. The lowest BCUT2D eigenvalue weighted by Gasteiger charge is -2.26. The molecule has 2 heterocycles. The maximum Gasteiger partial charge on any atom is 0.338 e. The van der Waals surface area contributed by atoms with E-state index in [2.05, 4.69) is 15.4 Å². The summed E-state index contributed by atoms with van der Waals surface area (Å²) >= 11 is 0. The number of anilines is 2. The third-order valence-corrected chi connectivity index (χ3v) is 5.66. The van der Waals surface area contributed by atoms with Gasteiger partial charge in [0.25, 0.3) is 5.91 Å². The molecule has 1 amide bonds. The minimum absolute atomic E-state index is 0.0183. The van der Waals surface area contributed by atoms with Gasteiger partial charge in [-0.1, -0.05) is 19.1 Å². The van der Waals surface area contributed by atoms with Gasteiger partial charge in [0.1, 0.15) is 11.5 Å². The average molecular weight is 423 g/mol. The van der Waals surface area contributed by atoms with Gasteiger partial charge >= 0.3 is 5.97 Å². The van der Waals surface area contributed by atoms with Crippen LogP contribution in [0.15, 0.2) is 36.4 Å². The molecule has 0 fully saturated rings. The molecule has 1 unspecified atom stereocenters. The number of carbonyl (C=O) groups is 3. The fourth-order valence-electron chi connectivity index (χ4n) is 4.19. The Bertz CT molecular complexity index is 1230. The summed E-state index contributed by atoms with van der Waals surface area (Å²) in [7, 11) is 2.72. The molecular formula is C23H22FN3O4. The zero-order chi connectivity index (χ0) is 22.3. The second-order valence-corrected chi connectivity index (χ2v) is 7.41. The molecule has 7 nitrogen and oxygen atoms in total. The lowest BCUT2D eigenvalue weighted by atomic mass is 9.96. The van der Waals surface area contributed by atoms with Crippen LogP contribution < -0.4 is 10.6 Å². The van der Waals surface area contributed by atoms with Crippen LogP contribution in [-0.4, -0.2) is 36.4 Å². The molecule has 2 aromatic carbocycles. The Morgan fingerprint density at radius 2 is 2.03 bits per heavy atom. The van der Waals surface area contributed by atoms with Crippen molar-refractivity contribution in [2.45, 2.75) is 25.8 Å². The highest BCUT2D eigenvalue weighted by atomic mass is 19.1. The standard InChI is InChI=1S/C23H22FN3O4/c1-4-14-11-19(28)15-7-5-6-12-10-18(27(14)21(12)15)22(29)26-17-9-13(23(30)31-3)8-16(24)20(17)25-2/h5-10,14,25H,4,11H2,1-3H3,(H,26,29). The van der Waals surface area contributed by atoms with Gasteiger partial charge in [-0.25, -0.2) is 9.18 Å². The van der Waals surface area contributed by atoms with Crippen LogP contribution in [0.4, 0.5) is 15.8 Å². The third-order valence-electron chi connectivity index (χ3n) is 5.66. The van der Waals surface area contributed by atoms with E-state index in [0.29, 0.717) is 24.1 Å². The highest BCUT2D eigenvalue weighted by molar-refractivity contribution is 6.13. The number of ketones is 1. The van der Waals surface area contributed by atoms with Crippen molar-refractivity contribution in [2.24, 2.45) is 0 Å². The lowest BCUT2D eigenvalue weighted by Crippen LogP contribution is -2.25. The lowest BCUT2D eigenvalue weighted by molar-refractivity contribution is 0.0600. The molecule has 0 saturated carbocycles. The highest BCUT2D eigenvalue weighted by Gasteiger charge is 2.30. The minimum Gasteiger partial charge on any atom is -0.465 e. The summed E-state index contributed by atoms with van der Waals surface area (Å²) in [6.07, 6.45) is 0.990. The number of nitrogens with one attached hydrogen (secondary N) is 2. The molecule has 31 heavy (non-hydrogen) atoms. The van der Waals surface area contributed by atoms with Gasteiger partial charge < -0.3 is 19.9 Å². The average Bonchev–Trinajstić information content (AvgIpc) is 3.16. The molecule has 1 aliphatic heterocycles. The number of hydrogen-bond acceptors (Lipinski definition) is 5. The third kappa shape index (κ3) is 3.34. The van der Waals surface area contributed by atoms with Gasteiger partial charge in [0.15, 0.2) is 5.78 Å². The summed E-state index contributed by atoms with van der Waals surface area (Å²) in [5, 5.41) is 6.22. The maximum absolute atomic E-state index is 14.5. The van der Waals surface area contributed by atoms with Gasteiger partial charge in [0.2, 0.25) is 0 Å². The number of aromatic nitrogens is 1. The van der Waals surface area contributed by atoms with Gasteiger partial charge in [-0.05, 0) is 30.7 Å². The molecule has 1 aromatic heterocycles. The molecule has 2 N–H and O–H groups in total. The number of rotatable bonds is 5. The zero-order valence-corrected chi connectivity index (χ0v) is 17.4. The highest BCUT2D eigenvalue weighted by Crippen LogP contribution is 2.36. The van der Waals surface area contributed by atoms with E-state index >= 15 is 0 Å². The summed E-state index contributed by atoms with van der Waals surface area (Å²) in [6.45, 7) is 1.97. The molecule has 4 rings (SSSR count). The van der Waals surface area contributed by atoms with Crippen molar-refractivity contribution in [3.63, 3.8) is 0 Å². The van der Waals surface area contributed by atoms with Crippen molar-refractivity contribution in [1.29, 1.82) is 0 Å². The fourth-order valence-corrected chi connectivity index (χ4v) is 4.19. The molecule has 0 aliphatic carbocycles. The number of carbonyl (C=O) groups excluding carboxylic acids is 3. The van der Waals surface area contributed by atoms with Gasteiger partial charge in [0, 0.05) is 30.5 Å². The largest absolute Gasteiger partial charge is 0.465 e. The second-order valence-electron chi connectivity index (χ2n) is 7.41. The first-order chi connectivity index (χ1) is 14.9. The SMILES string of the molecule is CCC1CC(=O)c2cccc3cc(C(=O)Nc4cc(C(=O)OC)cc(F)c4NC)n1c23. The number of halogens is 1. The van der Waals surface area contributed by atoms with E-state index in [0.717, 1.165) is 17.0 Å². The van der Waals surface area contributed by atoms with Gasteiger partial charge in [-0.2, -0.15) is 0 Å². The number of benzene rings is 2. The number of amides is 1. The smallest absolute Gasteiger partial charge is 0.338 e. The molecule has 0 bridgehead atoms. The van der Waals surface area contributed by atoms with Crippen LogP contribution >= 0.6 is 0 Å². The van der Waals surface area contributed by atoms with Gasteiger partial charge in [-0.15, -0.1) is 0 Å². The van der Waals surface area contributed by atoms with Crippen LogP contribution in [-0.2, 0) is 4.74 Å². The summed E-state index contributed by atoms with van der Waals surface area (Å²) in [4.78, 5) is 37.7. The Kier molecular flexibility index (Phi) is 5.22. The molecule has 0 saturated heterocycles. The van der Waals surface area contributed by atoms with Crippen LogP contribution in [0, 0.1) is 5.82 Å². The summed E-state index contributed by atoms with van der Waals surface area (Å²) in [6, 6.07) is 9.41. The Hall–Kier alpha value is -3.68. The maximum atomic E-state index is 14.5. The predicted octanol–water partition coefficient (Wildman–Crippen LogP) is 4.40. The van der Waals surface area contributed by atoms with Crippen molar-refractivity contribution >= 4 is 39.9 Å². The van der Waals surface area contributed by atoms with E-state index < -0.39 is 17.7 Å². The topological polar surface area (TPSA) is 89.4 Å². The predicted molar refractivity (Wildman–Crippen MR) is 115 cm³/mol. The van der Waals surface area contributed by atoms with Crippen molar-refractivity contribution in [1.82, 2.24) is 4.57 Å².